The summed E-state index contributed by atoms with van der Waals surface area (Å²) in [6, 6.07) is 14.0. The van der Waals surface area contributed by atoms with Crippen LogP contribution in [0.15, 0.2) is 60.8 Å². The molecule has 140 valence electrons. The molecular formula is C18H13F3N2O4. The molecule has 1 aromatic heterocycles. The molecule has 27 heavy (non-hydrogen) atoms. The summed E-state index contributed by atoms with van der Waals surface area (Å²) in [5, 5.41) is 13.4. The maximum Gasteiger partial charge on any atom is 0.573 e. The molecule has 1 N–H and O–H groups in total. The van der Waals surface area contributed by atoms with Gasteiger partial charge in [0, 0.05) is 6.20 Å². The van der Waals surface area contributed by atoms with Crippen LogP contribution in [0.2, 0.25) is 0 Å². The van der Waals surface area contributed by atoms with Crippen molar-refractivity contribution in [3.63, 3.8) is 0 Å². The Morgan fingerprint density at radius 1 is 1.07 bits per heavy atom. The molecular weight excluding hydrogens is 365 g/mol. The molecule has 0 aliphatic carbocycles. The predicted octanol–water partition coefficient (Wildman–Crippen LogP) is 4.05. The summed E-state index contributed by atoms with van der Waals surface area (Å²) < 4.78 is 47.1. The third-order valence-corrected chi connectivity index (χ3v) is 3.46. The average Bonchev–Trinajstić information content (AvgIpc) is 3.05. The smallest absolute Gasteiger partial charge is 0.477 e. The highest BCUT2D eigenvalue weighted by Gasteiger charge is 2.31. The van der Waals surface area contributed by atoms with Crippen molar-refractivity contribution in [2.24, 2.45) is 0 Å². The molecule has 9 heteroatoms. The van der Waals surface area contributed by atoms with Crippen molar-refractivity contribution in [2.75, 3.05) is 0 Å². The number of aromatic carboxylic acids is 1. The van der Waals surface area contributed by atoms with Crippen LogP contribution in [0.1, 0.15) is 15.9 Å². The second kappa shape index (κ2) is 7.40. The van der Waals surface area contributed by atoms with E-state index in [9.17, 15) is 23.1 Å². The normalized spacial score (nSPS) is 11.2. The number of halogens is 3. The first kappa shape index (κ1) is 18.3. The Morgan fingerprint density at radius 3 is 2.33 bits per heavy atom. The van der Waals surface area contributed by atoms with E-state index in [1.165, 1.54) is 23.0 Å². The summed E-state index contributed by atoms with van der Waals surface area (Å²) in [7, 11) is 0. The SMILES string of the molecule is O=C(O)c1cn(-c2ccc(OC(F)(F)F)cc2)nc1OCc1ccccc1. The Kier molecular flexibility index (Phi) is 5.02. The molecule has 1 heterocycles. The van der Waals surface area contributed by atoms with Gasteiger partial charge in [-0.2, -0.15) is 0 Å². The lowest BCUT2D eigenvalue weighted by atomic mass is 10.2. The molecule has 0 fully saturated rings. The van der Waals surface area contributed by atoms with E-state index in [4.69, 9.17) is 4.74 Å². The fourth-order valence-corrected chi connectivity index (χ4v) is 2.27. The third kappa shape index (κ3) is 4.78. The Bertz CT molecular complexity index is 922. The van der Waals surface area contributed by atoms with Gasteiger partial charge in [-0.15, -0.1) is 18.3 Å². The molecule has 2 aromatic carbocycles. The number of ether oxygens (including phenoxy) is 2. The lowest BCUT2D eigenvalue weighted by Crippen LogP contribution is -2.17. The van der Waals surface area contributed by atoms with Crippen LogP contribution >= 0.6 is 0 Å². The van der Waals surface area contributed by atoms with Crippen LogP contribution in [-0.2, 0) is 6.61 Å². The molecule has 6 nitrogen and oxygen atoms in total. The first-order valence-corrected chi connectivity index (χ1v) is 7.68. The van der Waals surface area contributed by atoms with Crippen LogP contribution in [0.3, 0.4) is 0 Å². The highest BCUT2D eigenvalue weighted by atomic mass is 19.4. The van der Waals surface area contributed by atoms with Crippen LogP contribution in [0.25, 0.3) is 5.69 Å². The zero-order valence-corrected chi connectivity index (χ0v) is 13.7. The van der Waals surface area contributed by atoms with E-state index in [1.807, 2.05) is 30.3 Å². The molecule has 3 rings (SSSR count). The van der Waals surface area contributed by atoms with Gasteiger partial charge in [0.05, 0.1) is 5.69 Å². The molecule has 0 atom stereocenters. The van der Waals surface area contributed by atoms with Gasteiger partial charge in [0.1, 0.15) is 17.9 Å². The summed E-state index contributed by atoms with van der Waals surface area (Å²) in [6.07, 6.45) is -3.57. The monoisotopic (exact) mass is 378 g/mol. The van der Waals surface area contributed by atoms with E-state index in [-0.39, 0.29) is 18.1 Å². The topological polar surface area (TPSA) is 73.6 Å². The van der Waals surface area contributed by atoms with Crippen molar-refractivity contribution in [2.45, 2.75) is 13.0 Å². The lowest BCUT2D eigenvalue weighted by Gasteiger charge is -2.09. The highest BCUT2D eigenvalue weighted by molar-refractivity contribution is 5.90. The van der Waals surface area contributed by atoms with Crippen molar-refractivity contribution in [1.82, 2.24) is 9.78 Å². The molecule has 0 aliphatic heterocycles. The van der Waals surface area contributed by atoms with Crippen molar-refractivity contribution in [3.05, 3.63) is 71.9 Å². The molecule has 0 spiro atoms. The Morgan fingerprint density at radius 2 is 1.74 bits per heavy atom. The van der Waals surface area contributed by atoms with Crippen molar-refractivity contribution < 1.29 is 32.5 Å². The number of benzene rings is 2. The van der Waals surface area contributed by atoms with Gasteiger partial charge in [0.15, 0.2) is 0 Å². The summed E-state index contributed by atoms with van der Waals surface area (Å²) in [6.45, 7) is 0.122. The van der Waals surface area contributed by atoms with Crippen LogP contribution < -0.4 is 9.47 Å². The van der Waals surface area contributed by atoms with Gasteiger partial charge < -0.3 is 14.6 Å². The molecule has 0 saturated carbocycles. The number of aromatic nitrogens is 2. The average molecular weight is 378 g/mol. The first-order valence-electron chi connectivity index (χ1n) is 7.68. The van der Waals surface area contributed by atoms with Crippen LogP contribution in [0.5, 0.6) is 11.6 Å². The molecule has 0 unspecified atom stereocenters. The Labute approximate surface area is 151 Å². The number of carbonyl (C=O) groups is 1. The Hall–Kier alpha value is -3.49. The summed E-state index contributed by atoms with van der Waals surface area (Å²) in [4.78, 5) is 11.4. The molecule has 0 amide bonds. The largest absolute Gasteiger partial charge is 0.573 e. The standard InChI is InChI=1S/C18H13F3N2O4/c19-18(20,21)27-14-8-6-13(7-9-14)23-10-15(17(24)25)16(22-23)26-11-12-4-2-1-3-5-12/h1-10H,11H2,(H,24,25). The molecule has 3 aromatic rings. The van der Waals surface area contributed by atoms with Crippen molar-refractivity contribution in [3.8, 4) is 17.3 Å². The Balaban J connectivity index is 1.81. The van der Waals surface area contributed by atoms with Crippen molar-refractivity contribution in [1.29, 1.82) is 0 Å². The van der Waals surface area contributed by atoms with E-state index in [0.29, 0.717) is 5.69 Å². The number of rotatable bonds is 6. The maximum absolute atomic E-state index is 12.2. The van der Waals surface area contributed by atoms with E-state index in [0.717, 1.165) is 17.7 Å². The quantitative estimate of drug-likeness (QED) is 0.701. The number of carboxylic acids is 1. The minimum absolute atomic E-state index is 0.0954. The first-order chi connectivity index (χ1) is 12.8. The van der Waals surface area contributed by atoms with Gasteiger partial charge >= 0.3 is 12.3 Å². The minimum atomic E-state index is -4.79. The fraction of sp³-hybridized carbons (Fsp3) is 0.111. The number of hydrogen-bond acceptors (Lipinski definition) is 4. The van der Waals surface area contributed by atoms with E-state index >= 15 is 0 Å². The molecule has 0 bridgehead atoms. The van der Waals surface area contributed by atoms with Crippen LogP contribution in [-0.4, -0.2) is 27.2 Å². The third-order valence-electron chi connectivity index (χ3n) is 3.46. The summed E-state index contributed by atoms with van der Waals surface area (Å²) >= 11 is 0. The van der Waals surface area contributed by atoms with E-state index in [2.05, 4.69) is 9.84 Å². The summed E-state index contributed by atoms with van der Waals surface area (Å²) in [5.41, 5.74) is 1.01. The van der Waals surface area contributed by atoms with Crippen molar-refractivity contribution >= 4 is 5.97 Å². The van der Waals surface area contributed by atoms with Gasteiger partial charge in [0.25, 0.3) is 0 Å². The second-order valence-electron chi connectivity index (χ2n) is 5.41. The highest BCUT2D eigenvalue weighted by Crippen LogP contribution is 2.25. The van der Waals surface area contributed by atoms with Gasteiger partial charge in [-0.1, -0.05) is 30.3 Å². The maximum atomic E-state index is 12.2. The fourth-order valence-electron chi connectivity index (χ4n) is 2.27. The van der Waals surface area contributed by atoms with Crippen LogP contribution in [0.4, 0.5) is 13.2 Å². The number of carboxylic acid groups (broad SMARTS) is 1. The van der Waals surface area contributed by atoms with E-state index in [1.54, 1.807) is 0 Å². The number of nitrogens with zero attached hydrogens (tertiary/aromatic N) is 2. The van der Waals surface area contributed by atoms with Gasteiger partial charge in [-0.25, -0.2) is 9.48 Å². The van der Waals surface area contributed by atoms with Crippen LogP contribution in [0, 0.1) is 0 Å². The molecule has 0 aliphatic rings. The van der Waals surface area contributed by atoms with E-state index < -0.39 is 18.1 Å². The lowest BCUT2D eigenvalue weighted by molar-refractivity contribution is -0.274. The second-order valence-corrected chi connectivity index (χ2v) is 5.41. The van der Waals surface area contributed by atoms with Gasteiger partial charge in [-0.3, -0.25) is 0 Å². The number of alkyl halides is 3. The molecule has 0 radical (unpaired) electrons. The summed E-state index contributed by atoms with van der Waals surface area (Å²) in [5.74, 6) is -1.72. The minimum Gasteiger partial charge on any atom is -0.477 e. The van der Waals surface area contributed by atoms with Gasteiger partial charge in [0.2, 0.25) is 5.88 Å². The zero-order chi connectivity index (χ0) is 19.4. The molecule has 0 saturated heterocycles. The predicted molar refractivity (Wildman–Crippen MR) is 88.0 cm³/mol. The number of hydrogen-bond donors (Lipinski definition) is 1. The zero-order valence-electron chi connectivity index (χ0n) is 13.7. The van der Waals surface area contributed by atoms with Gasteiger partial charge in [-0.05, 0) is 29.8 Å².